The van der Waals surface area contributed by atoms with Crippen LogP contribution in [0.25, 0.3) is 0 Å². The van der Waals surface area contributed by atoms with Gasteiger partial charge in [0.15, 0.2) is 12.6 Å². The second-order valence-corrected chi connectivity index (χ2v) is 6.38. The quantitative estimate of drug-likeness (QED) is 0.210. The number of hydrogen-bond donors (Lipinski definition) is 2. The van der Waals surface area contributed by atoms with Gasteiger partial charge in [0, 0.05) is 26.3 Å². The average molecular weight is 531 g/mol. The van der Waals surface area contributed by atoms with Gasteiger partial charge in [-0.2, -0.15) is 13.2 Å². The summed E-state index contributed by atoms with van der Waals surface area (Å²) < 4.78 is 52.2. The van der Waals surface area contributed by atoms with Gasteiger partial charge in [0.2, 0.25) is 0 Å². The van der Waals surface area contributed by atoms with Crippen molar-refractivity contribution in [2.75, 3.05) is 39.5 Å². The Balaban J connectivity index is 0.00000420. The molecular weight excluding hydrogens is 502 g/mol. The van der Waals surface area contributed by atoms with Gasteiger partial charge in [-0.1, -0.05) is 12.1 Å². The first-order valence-electron chi connectivity index (χ1n) is 9.46. The van der Waals surface area contributed by atoms with Gasteiger partial charge in [0.05, 0.1) is 19.3 Å². The van der Waals surface area contributed by atoms with E-state index in [4.69, 9.17) is 14.2 Å². The summed E-state index contributed by atoms with van der Waals surface area (Å²) in [5.74, 6) is 0.867. The standard InChI is InChI=1S/C19H28F3N3O3.HI/c1-2-23-18(24-9-3-10-27-17-8-11-26-13-17)25-12-15-4-6-16(7-5-15)28-14-19(20,21)22;/h4-7,17H,2-3,8-14H2,1H3,(H2,23,24,25);1H. The monoisotopic (exact) mass is 531 g/mol. The fourth-order valence-corrected chi connectivity index (χ4v) is 2.54. The van der Waals surface area contributed by atoms with Crippen molar-refractivity contribution in [3.8, 4) is 5.75 Å². The summed E-state index contributed by atoms with van der Waals surface area (Å²) in [4.78, 5) is 4.49. The number of aliphatic imine (C=N–C) groups is 1. The summed E-state index contributed by atoms with van der Waals surface area (Å²) in [6.07, 6.45) is -2.32. The van der Waals surface area contributed by atoms with Crippen molar-refractivity contribution in [2.45, 2.75) is 38.6 Å². The van der Waals surface area contributed by atoms with Gasteiger partial charge in [0.25, 0.3) is 0 Å². The van der Waals surface area contributed by atoms with E-state index in [1.807, 2.05) is 6.92 Å². The second kappa shape index (κ2) is 13.9. The summed E-state index contributed by atoms with van der Waals surface area (Å²) in [5.41, 5.74) is 0.876. The van der Waals surface area contributed by atoms with Crippen molar-refractivity contribution in [3.63, 3.8) is 0 Å². The molecule has 1 aliphatic heterocycles. The number of hydrogen-bond acceptors (Lipinski definition) is 4. The molecule has 0 amide bonds. The lowest BCUT2D eigenvalue weighted by atomic mass is 10.2. The van der Waals surface area contributed by atoms with Crippen LogP contribution in [0.3, 0.4) is 0 Å². The van der Waals surface area contributed by atoms with Crippen LogP contribution in [0.5, 0.6) is 5.75 Å². The zero-order valence-corrected chi connectivity index (χ0v) is 18.8. The maximum atomic E-state index is 12.2. The van der Waals surface area contributed by atoms with Crippen molar-refractivity contribution >= 4 is 29.9 Å². The molecule has 0 radical (unpaired) electrons. The van der Waals surface area contributed by atoms with Gasteiger partial charge in [0.1, 0.15) is 5.75 Å². The van der Waals surface area contributed by atoms with Crippen molar-refractivity contribution in [2.24, 2.45) is 4.99 Å². The van der Waals surface area contributed by atoms with Crippen LogP contribution in [0.1, 0.15) is 25.3 Å². The molecule has 1 aliphatic rings. The van der Waals surface area contributed by atoms with Crippen molar-refractivity contribution in [1.29, 1.82) is 0 Å². The third kappa shape index (κ3) is 11.5. The zero-order chi connectivity index (χ0) is 20.2. The number of nitrogens with zero attached hydrogens (tertiary/aromatic N) is 1. The molecule has 0 bridgehead atoms. The van der Waals surface area contributed by atoms with E-state index in [1.54, 1.807) is 12.1 Å². The number of benzene rings is 1. The van der Waals surface area contributed by atoms with E-state index in [-0.39, 0.29) is 35.8 Å². The van der Waals surface area contributed by atoms with E-state index >= 15 is 0 Å². The minimum atomic E-state index is -4.34. The second-order valence-electron chi connectivity index (χ2n) is 6.38. The fourth-order valence-electron chi connectivity index (χ4n) is 2.54. The van der Waals surface area contributed by atoms with Crippen LogP contribution in [0, 0.1) is 0 Å². The molecule has 166 valence electrons. The van der Waals surface area contributed by atoms with Crippen LogP contribution in [-0.2, 0) is 16.0 Å². The summed E-state index contributed by atoms with van der Waals surface area (Å²) in [5, 5.41) is 6.40. The molecule has 29 heavy (non-hydrogen) atoms. The molecule has 1 saturated heterocycles. The number of halogens is 4. The van der Waals surface area contributed by atoms with Crippen LogP contribution in [0.15, 0.2) is 29.3 Å². The first-order chi connectivity index (χ1) is 13.5. The molecule has 10 heteroatoms. The van der Waals surface area contributed by atoms with Gasteiger partial charge in [-0.25, -0.2) is 4.99 Å². The van der Waals surface area contributed by atoms with E-state index in [1.165, 1.54) is 12.1 Å². The van der Waals surface area contributed by atoms with E-state index in [0.29, 0.717) is 25.7 Å². The molecule has 0 aromatic heterocycles. The molecule has 2 N–H and O–H groups in total. The first kappa shape index (κ1) is 25.8. The van der Waals surface area contributed by atoms with Crippen molar-refractivity contribution < 1.29 is 27.4 Å². The molecule has 1 aromatic rings. The van der Waals surface area contributed by atoms with Crippen LogP contribution >= 0.6 is 24.0 Å². The van der Waals surface area contributed by atoms with Gasteiger partial charge < -0.3 is 24.8 Å². The first-order valence-corrected chi connectivity index (χ1v) is 9.46. The number of ether oxygens (including phenoxy) is 3. The van der Waals surface area contributed by atoms with Gasteiger partial charge in [-0.05, 0) is 37.5 Å². The third-order valence-corrected chi connectivity index (χ3v) is 3.94. The summed E-state index contributed by atoms with van der Waals surface area (Å²) in [6.45, 7) is 4.66. The van der Waals surface area contributed by atoms with Gasteiger partial charge in [-0.15, -0.1) is 24.0 Å². The van der Waals surface area contributed by atoms with Gasteiger partial charge >= 0.3 is 6.18 Å². The number of alkyl halides is 3. The molecule has 2 rings (SSSR count). The molecule has 6 nitrogen and oxygen atoms in total. The number of nitrogens with one attached hydrogen (secondary N) is 2. The topological polar surface area (TPSA) is 64.1 Å². The van der Waals surface area contributed by atoms with Crippen LogP contribution in [0.4, 0.5) is 13.2 Å². The highest BCUT2D eigenvalue weighted by atomic mass is 127. The van der Waals surface area contributed by atoms with Crippen LogP contribution in [0.2, 0.25) is 0 Å². The normalized spacial score (nSPS) is 17.0. The Morgan fingerprint density at radius 3 is 2.62 bits per heavy atom. The van der Waals surface area contributed by atoms with Crippen LogP contribution in [-0.4, -0.2) is 57.8 Å². The highest BCUT2D eigenvalue weighted by Gasteiger charge is 2.28. The number of guanidine groups is 1. The van der Waals surface area contributed by atoms with E-state index in [2.05, 4.69) is 15.6 Å². The lowest BCUT2D eigenvalue weighted by Crippen LogP contribution is -2.38. The predicted molar refractivity (Wildman–Crippen MR) is 116 cm³/mol. The zero-order valence-electron chi connectivity index (χ0n) is 16.5. The highest BCUT2D eigenvalue weighted by molar-refractivity contribution is 14.0. The maximum absolute atomic E-state index is 12.2. The maximum Gasteiger partial charge on any atom is 0.422 e. The minimum Gasteiger partial charge on any atom is -0.484 e. The molecular formula is C19H29F3IN3O3. The summed E-state index contributed by atoms with van der Waals surface area (Å²) in [6, 6.07) is 6.44. The molecule has 1 unspecified atom stereocenters. The molecule has 1 atom stereocenters. The Morgan fingerprint density at radius 1 is 1.24 bits per heavy atom. The average Bonchev–Trinajstić information content (AvgIpc) is 3.18. The van der Waals surface area contributed by atoms with Crippen molar-refractivity contribution in [1.82, 2.24) is 10.6 Å². The lowest BCUT2D eigenvalue weighted by Gasteiger charge is -2.13. The molecule has 1 fully saturated rings. The SMILES string of the molecule is CCNC(=NCc1ccc(OCC(F)(F)F)cc1)NCCCOC1CCOC1.I. The fraction of sp³-hybridized carbons (Fsp3) is 0.632. The van der Waals surface area contributed by atoms with E-state index < -0.39 is 12.8 Å². The van der Waals surface area contributed by atoms with Crippen LogP contribution < -0.4 is 15.4 Å². The largest absolute Gasteiger partial charge is 0.484 e. The molecule has 1 aromatic carbocycles. The Kier molecular flexibility index (Phi) is 12.3. The Hall–Kier alpha value is -1.27. The Labute approximate surface area is 186 Å². The van der Waals surface area contributed by atoms with E-state index in [0.717, 1.165) is 38.1 Å². The molecule has 0 saturated carbocycles. The molecule has 0 spiro atoms. The predicted octanol–water partition coefficient (Wildman–Crippen LogP) is 3.50. The summed E-state index contributed by atoms with van der Waals surface area (Å²) >= 11 is 0. The number of rotatable bonds is 10. The summed E-state index contributed by atoms with van der Waals surface area (Å²) in [7, 11) is 0. The third-order valence-electron chi connectivity index (χ3n) is 3.94. The minimum absolute atomic E-state index is 0. The Morgan fingerprint density at radius 2 is 2.00 bits per heavy atom. The van der Waals surface area contributed by atoms with Gasteiger partial charge in [-0.3, -0.25) is 0 Å². The smallest absolute Gasteiger partial charge is 0.422 e. The molecule has 0 aliphatic carbocycles. The van der Waals surface area contributed by atoms with E-state index in [9.17, 15) is 13.2 Å². The lowest BCUT2D eigenvalue weighted by molar-refractivity contribution is -0.153. The van der Waals surface area contributed by atoms with Crippen molar-refractivity contribution in [3.05, 3.63) is 29.8 Å². The Bertz CT molecular complexity index is 595. The highest BCUT2D eigenvalue weighted by Crippen LogP contribution is 2.19. The molecule has 1 heterocycles.